The first kappa shape index (κ1) is 22.1. The summed E-state index contributed by atoms with van der Waals surface area (Å²) in [5.41, 5.74) is -0.453. The van der Waals surface area contributed by atoms with Crippen LogP contribution in [-0.2, 0) is 4.79 Å². The maximum Gasteiger partial charge on any atom is 0.407 e. The minimum absolute atomic E-state index is 0.0374. The lowest BCUT2D eigenvalue weighted by Crippen LogP contribution is -2.47. The van der Waals surface area contributed by atoms with E-state index in [4.69, 9.17) is 0 Å². The molecular weight excluding hydrogens is 336 g/mol. The van der Waals surface area contributed by atoms with Gasteiger partial charge in [-0.3, -0.25) is 4.79 Å². The van der Waals surface area contributed by atoms with Gasteiger partial charge in [-0.2, -0.15) is 11.8 Å². The van der Waals surface area contributed by atoms with Crippen LogP contribution in [0.4, 0.5) is 4.79 Å². The number of thioether (sulfide) groups is 1. The van der Waals surface area contributed by atoms with E-state index in [0.29, 0.717) is 13.0 Å². The fourth-order valence-electron chi connectivity index (χ4n) is 3.51. The zero-order valence-corrected chi connectivity index (χ0v) is 17.2. The summed E-state index contributed by atoms with van der Waals surface area (Å²) >= 11 is 1.50. The standard InChI is InChI=1S/C19H36N2O3S/c1-19(2,3)21(18(23)24)14-12-16(25-4)17(22)20-13-8-11-15-9-6-5-7-10-15/h15-16H,5-14H2,1-4H3,(H,20,22)(H,23,24). The van der Waals surface area contributed by atoms with Crippen LogP contribution >= 0.6 is 11.8 Å². The van der Waals surface area contributed by atoms with Crippen molar-refractivity contribution in [3.8, 4) is 0 Å². The van der Waals surface area contributed by atoms with Gasteiger partial charge >= 0.3 is 6.09 Å². The summed E-state index contributed by atoms with van der Waals surface area (Å²) in [4.78, 5) is 25.2. The van der Waals surface area contributed by atoms with E-state index in [1.54, 1.807) is 0 Å². The van der Waals surface area contributed by atoms with Crippen molar-refractivity contribution in [3.05, 3.63) is 0 Å². The van der Waals surface area contributed by atoms with Crippen LogP contribution in [0, 0.1) is 5.92 Å². The third kappa shape index (κ3) is 8.34. The highest BCUT2D eigenvalue weighted by Gasteiger charge is 2.28. The molecule has 0 aromatic heterocycles. The van der Waals surface area contributed by atoms with E-state index in [0.717, 1.165) is 18.9 Å². The summed E-state index contributed by atoms with van der Waals surface area (Å²) in [6, 6.07) is 0. The van der Waals surface area contributed by atoms with Gasteiger partial charge in [-0.05, 0) is 52.2 Å². The number of hydrogen-bond acceptors (Lipinski definition) is 3. The Hall–Kier alpha value is -0.910. The molecular formula is C19H36N2O3S. The Kier molecular flexibility index (Phi) is 9.69. The minimum Gasteiger partial charge on any atom is -0.465 e. The van der Waals surface area contributed by atoms with Gasteiger partial charge in [0, 0.05) is 18.6 Å². The second kappa shape index (κ2) is 10.9. The molecule has 0 aromatic rings. The van der Waals surface area contributed by atoms with Gasteiger partial charge in [-0.15, -0.1) is 0 Å². The highest BCUT2D eigenvalue weighted by atomic mass is 32.2. The number of amides is 2. The predicted molar refractivity (Wildman–Crippen MR) is 105 cm³/mol. The zero-order chi connectivity index (χ0) is 18.9. The molecule has 0 heterocycles. The quantitative estimate of drug-likeness (QED) is 0.590. The molecule has 1 unspecified atom stereocenters. The number of hydrogen-bond donors (Lipinski definition) is 2. The molecule has 5 nitrogen and oxygen atoms in total. The summed E-state index contributed by atoms with van der Waals surface area (Å²) in [7, 11) is 0. The van der Waals surface area contributed by atoms with Gasteiger partial charge in [0.1, 0.15) is 0 Å². The van der Waals surface area contributed by atoms with Crippen LogP contribution in [-0.4, -0.2) is 52.1 Å². The number of rotatable bonds is 9. The molecule has 1 aliphatic rings. The SMILES string of the molecule is CSC(CCN(C(=O)O)C(C)(C)C)C(=O)NCCCC1CCCCC1. The highest BCUT2D eigenvalue weighted by molar-refractivity contribution is 7.99. The summed E-state index contributed by atoms with van der Waals surface area (Å²) < 4.78 is 0. The van der Waals surface area contributed by atoms with Crippen molar-refractivity contribution < 1.29 is 14.7 Å². The van der Waals surface area contributed by atoms with Crippen molar-refractivity contribution in [1.82, 2.24) is 10.2 Å². The van der Waals surface area contributed by atoms with Crippen molar-refractivity contribution >= 4 is 23.8 Å². The number of nitrogens with one attached hydrogen (secondary N) is 1. The molecule has 1 aliphatic carbocycles. The lowest BCUT2D eigenvalue weighted by molar-refractivity contribution is -0.120. The predicted octanol–water partition coefficient (Wildman–Crippen LogP) is 4.36. The van der Waals surface area contributed by atoms with Crippen LogP contribution in [0.3, 0.4) is 0 Å². The van der Waals surface area contributed by atoms with Crippen LogP contribution in [0.5, 0.6) is 0 Å². The second-order valence-corrected chi connectivity index (χ2v) is 9.10. The van der Waals surface area contributed by atoms with Gasteiger partial charge in [-0.1, -0.05) is 32.1 Å². The second-order valence-electron chi connectivity index (χ2n) is 8.06. The molecule has 0 aliphatic heterocycles. The Morgan fingerprint density at radius 3 is 2.40 bits per heavy atom. The topological polar surface area (TPSA) is 69.6 Å². The summed E-state index contributed by atoms with van der Waals surface area (Å²) in [5.74, 6) is 0.883. The molecule has 1 saturated carbocycles. The van der Waals surface area contributed by atoms with E-state index in [2.05, 4.69) is 5.32 Å². The first-order valence-electron chi connectivity index (χ1n) is 9.56. The molecule has 0 aromatic carbocycles. The summed E-state index contributed by atoms with van der Waals surface area (Å²) in [5, 5.41) is 12.2. The summed E-state index contributed by atoms with van der Waals surface area (Å²) in [6.45, 7) is 6.73. The van der Waals surface area contributed by atoms with Gasteiger partial charge in [0.25, 0.3) is 0 Å². The molecule has 146 valence electrons. The molecule has 6 heteroatoms. The van der Waals surface area contributed by atoms with Gasteiger partial charge in [0.05, 0.1) is 5.25 Å². The highest BCUT2D eigenvalue weighted by Crippen LogP contribution is 2.27. The average molecular weight is 373 g/mol. The third-order valence-electron chi connectivity index (χ3n) is 5.05. The van der Waals surface area contributed by atoms with Crippen LogP contribution in [0.2, 0.25) is 0 Å². The fourth-order valence-corrected chi connectivity index (χ4v) is 4.15. The molecule has 1 atom stereocenters. The third-order valence-corrected chi connectivity index (χ3v) is 6.06. The molecule has 25 heavy (non-hydrogen) atoms. The van der Waals surface area contributed by atoms with E-state index in [1.165, 1.54) is 55.2 Å². The van der Waals surface area contributed by atoms with E-state index < -0.39 is 11.6 Å². The first-order valence-corrected chi connectivity index (χ1v) is 10.9. The molecule has 1 fully saturated rings. The molecule has 2 N–H and O–H groups in total. The van der Waals surface area contributed by atoms with Crippen molar-refractivity contribution in [2.45, 2.75) is 82.9 Å². The monoisotopic (exact) mass is 372 g/mol. The lowest BCUT2D eigenvalue weighted by atomic mass is 9.86. The first-order chi connectivity index (χ1) is 11.8. The Labute approximate surface area is 157 Å². The van der Waals surface area contributed by atoms with Crippen molar-refractivity contribution in [2.24, 2.45) is 5.92 Å². The van der Waals surface area contributed by atoms with Gasteiger partial charge < -0.3 is 15.3 Å². The molecule has 1 rings (SSSR count). The Morgan fingerprint density at radius 1 is 1.24 bits per heavy atom. The van der Waals surface area contributed by atoms with Crippen molar-refractivity contribution in [3.63, 3.8) is 0 Å². The van der Waals surface area contributed by atoms with Gasteiger partial charge in [-0.25, -0.2) is 4.79 Å². The number of carbonyl (C=O) groups excluding carboxylic acids is 1. The molecule has 2 amide bonds. The van der Waals surface area contributed by atoms with Crippen LogP contribution in [0.25, 0.3) is 0 Å². The Balaban J connectivity index is 2.32. The van der Waals surface area contributed by atoms with Gasteiger partial charge in [0.2, 0.25) is 5.91 Å². The number of carbonyl (C=O) groups is 2. The maximum atomic E-state index is 12.4. The van der Waals surface area contributed by atoms with E-state index in [9.17, 15) is 14.7 Å². The van der Waals surface area contributed by atoms with Crippen LogP contribution in [0.15, 0.2) is 0 Å². The fraction of sp³-hybridized carbons (Fsp3) is 0.895. The largest absolute Gasteiger partial charge is 0.465 e. The molecule has 0 bridgehead atoms. The normalized spacial score (nSPS) is 17.1. The van der Waals surface area contributed by atoms with Gasteiger partial charge in [0.15, 0.2) is 0 Å². The number of nitrogens with zero attached hydrogens (tertiary/aromatic N) is 1. The Bertz CT molecular complexity index is 417. The van der Waals surface area contributed by atoms with Crippen molar-refractivity contribution in [2.75, 3.05) is 19.3 Å². The Morgan fingerprint density at radius 2 is 1.88 bits per heavy atom. The summed E-state index contributed by atoms with van der Waals surface area (Å²) in [6.07, 6.45) is 10.6. The smallest absolute Gasteiger partial charge is 0.407 e. The van der Waals surface area contributed by atoms with Crippen molar-refractivity contribution in [1.29, 1.82) is 0 Å². The van der Waals surface area contributed by atoms with E-state index >= 15 is 0 Å². The minimum atomic E-state index is -0.930. The molecule has 0 spiro atoms. The maximum absolute atomic E-state index is 12.4. The van der Waals surface area contributed by atoms with E-state index in [-0.39, 0.29) is 11.2 Å². The van der Waals surface area contributed by atoms with Crippen LogP contribution in [0.1, 0.15) is 72.1 Å². The number of carboxylic acid groups (broad SMARTS) is 1. The zero-order valence-electron chi connectivity index (χ0n) is 16.3. The average Bonchev–Trinajstić information content (AvgIpc) is 2.54. The van der Waals surface area contributed by atoms with Crippen LogP contribution < -0.4 is 5.32 Å². The molecule has 0 saturated heterocycles. The molecule has 0 radical (unpaired) electrons. The lowest BCUT2D eigenvalue weighted by Gasteiger charge is -2.33. The van der Waals surface area contributed by atoms with E-state index in [1.807, 2.05) is 27.0 Å².